The molecule has 210 valence electrons. The van der Waals surface area contributed by atoms with E-state index in [2.05, 4.69) is 10.6 Å². The molecule has 0 aromatic heterocycles. The number of carbonyl (C=O) groups is 4. The Labute approximate surface area is 253 Å². The summed E-state index contributed by atoms with van der Waals surface area (Å²) in [6.07, 6.45) is 0. The molecule has 0 fully saturated rings. The SMILES string of the molecule is Cc1ccccc1C(=O)Nc1ccc(SC(C(=O)Nc2cccc3c2C(=O)c2ccccc2C3=O)c2ccccc2)cc1. The molecule has 6 rings (SSSR count). The molecule has 1 aliphatic carbocycles. The minimum absolute atomic E-state index is 0.193. The summed E-state index contributed by atoms with van der Waals surface area (Å²) < 4.78 is 0. The molecule has 0 radical (unpaired) electrons. The van der Waals surface area contributed by atoms with Crippen molar-refractivity contribution in [3.05, 3.63) is 160 Å². The fraction of sp³-hybridized carbons (Fsp3) is 0.0556. The molecular weight excluding hydrogens is 556 g/mol. The van der Waals surface area contributed by atoms with Gasteiger partial charge in [0, 0.05) is 32.8 Å². The van der Waals surface area contributed by atoms with Crippen molar-refractivity contribution in [2.75, 3.05) is 10.6 Å². The third-order valence-electron chi connectivity index (χ3n) is 7.31. The number of carbonyl (C=O) groups excluding carboxylic acids is 4. The Morgan fingerprint density at radius 3 is 1.98 bits per heavy atom. The first kappa shape index (κ1) is 27.9. The molecule has 0 heterocycles. The summed E-state index contributed by atoms with van der Waals surface area (Å²) in [6, 6.07) is 35.7. The van der Waals surface area contributed by atoms with E-state index >= 15 is 0 Å². The number of fused-ring (bicyclic) bond motifs is 2. The van der Waals surface area contributed by atoms with Gasteiger partial charge in [-0.1, -0.05) is 84.9 Å². The van der Waals surface area contributed by atoms with Crippen LogP contribution < -0.4 is 10.6 Å². The summed E-state index contributed by atoms with van der Waals surface area (Å²) in [4.78, 5) is 54.1. The van der Waals surface area contributed by atoms with Crippen molar-refractivity contribution in [3.63, 3.8) is 0 Å². The molecule has 0 spiro atoms. The van der Waals surface area contributed by atoms with Gasteiger partial charge in [0.05, 0.1) is 11.3 Å². The van der Waals surface area contributed by atoms with E-state index in [1.807, 2.05) is 67.6 Å². The summed E-state index contributed by atoms with van der Waals surface area (Å²) in [7, 11) is 0. The van der Waals surface area contributed by atoms with Gasteiger partial charge < -0.3 is 10.6 Å². The van der Waals surface area contributed by atoms with Crippen LogP contribution in [0.2, 0.25) is 0 Å². The topological polar surface area (TPSA) is 92.3 Å². The first-order valence-corrected chi connectivity index (χ1v) is 14.6. The zero-order chi connectivity index (χ0) is 29.9. The minimum atomic E-state index is -0.661. The largest absolute Gasteiger partial charge is 0.324 e. The Morgan fingerprint density at radius 1 is 0.628 bits per heavy atom. The molecule has 7 heteroatoms. The predicted octanol–water partition coefficient (Wildman–Crippen LogP) is 7.49. The Bertz CT molecular complexity index is 1880. The van der Waals surface area contributed by atoms with Gasteiger partial charge in [0.2, 0.25) is 5.91 Å². The van der Waals surface area contributed by atoms with Crippen molar-refractivity contribution in [2.45, 2.75) is 17.1 Å². The van der Waals surface area contributed by atoms with Crippen LogP contribution in [0.4, 0.5) is 11.4 Å². The molecule has 5 aromatic carbocycles. The normalized spacial score (nSPS) is 12.6. The lowest BCUT2D eigenvalue weighted by atomic mass is 9.83. The lowest BCUT2D eigenvalue weighted by molar-refractivity contribution is -0.115. The Hall–Kier alpha value is -5.27. The number of nitrogens with one attached hydrogen (secondary N) is 2. The quantitative estimate of drug-likeness (QED) is 0.190. The fourth-order valence-corrected chi connectivity index (χ4v) is 6.15. The molecule has 1 aliphatic rings. The maximum atomic E-state index is 13.9. The van der Waals surface area contributed by atoms with Gasteiger partial charge in [-0.05, 0) is 54.4 Å². The van der Waals surface area contributed by atoms with Crippen LogP contribution in [0.3, 0.4) is 0 Å². The third-order valence-corrected chi connectivity index (χ3v) is 8.57. The van der Waals surface area contributed by atoms with E-state index in [0.29, 0.717) is 28.1 Å². The van der Waals surface area contributed by atoms with E-state index in [1.54, 1.807) is 60.7 Å². The van der Waals surface area contributed by atoms with Crippen LogP contribution in [0.5, 0.6) is 0 Å². The van der Waals surface area contributed by atoms with Crippen molar-refractivity contribution in [1.82, 2.24) is 0 Å². The average molecular weight is 583 g/mol. The summed E-state index contributed by atoms with van der Waals surface area (Å²) in [5.41, 5.74) is 4.36. The van der Waals surface area contributed by atoms with Gasteiger partial charge in [-0.3, -0.25) is 19.2 Å². The highest BCUT2D eigenvalue weighted by Crippen LogP contribution is 2.38. The van der Waals surface area contributed by atoms with Gasteiger partial charge in [0.1, 0.15) is 5.25 Å². The Kier molecular flexibility index (Phi) is 7.73. The maximum absolute atomic E-state index is 13.9. The Morgan fingerprint density at radius 2 is 1.26 bits per heavy atom. The first-order chi connectivity index (χ1) is 20.9. The highest BCUT2D eigenvalue weighted by molar-refractivity contribution is 8.00. The van der Waals surface area contributed by atoms with Crippen LogP contribution >= 0.6 is 11.8 Å². The molecule has 0 aliphatic heterocycles. The van der Waals surface area contributed by atoms with Gasteiger partial charge in [-0.2, -0.15) is 0 Å². The van der Waals surface area contributed by atoms with Gasteiger partial charge in [-0.15, -0.1) is 11.8 Å². The number of ketones is 2. The van der Waals surface area contributed by atoms with Gasteiger partial charge in [0.15, 0.2) is 11.6 Å². The molecule has 0 saturated carbocycles. The zero-order valence-electron chi connectivity index (χ0n) is 23.2. The smallest absolute Gasteiger partial charge is 0.255 e. The van der Waals surface area contributed by atoms with Crippen LogP contribution in [0.15, 0.2) is 126 Å². The van der Waals surface area contributed by atoms with E-state index in [9.17, 15) is 19.2 Å². The van der Waals surface area contributed by atoms with Gasteiger partial charge >= 0.3 is 0 Å². The molecule has 0 saturated heterocycles. The summed E-state index contributed by atoms with van der Waals surface area (Å²) in [5, 5.41) is 5.20. The van der Waals surface area contributed by atoms with E-state index in [1.165, 1.54) is 11.8 Å². The second-order valence-electron chi connectivity index (χ2n) is 10.1. The number of amides is 2. The summed E-state index contributed by atoms with van der Waals surface area (Å²) >= 11 is 1.35. The summed E-state index contributed by atoms with van der Waals surface area (Å²) in [5.74, 6) is -1.07. The van der Waals surface area contributed by atoms with Crippen molar-refractivity contribution in [3.8, 4) is 0 Å². The van der Waals surface area contributed by atoms with E-state index in [0.717, 1.165) is 16.0 Å². The minimum Gasteiger partial charge on any atom is -0.324 e. The third kappa shape index (κ3) is 5.63. The molecule has 43 heavy (non-hydrogen) atoms. The second kappa shape index (κ2) is 11.9. The maximum Gasteiger partial charge on any atom is 0.255 e. The standard InChI is InChI=1S/C36H26N2O4S/c1-22-10-5-6-13-26(22)35(41)37-24-18-20-25(21-19-24)43-34(23-11-3-2-4-12-23)36(42)38-30-17-9-16-29-31(30)33(40)28-15-8-7-14-27(28)32(29)39/h2-21,34H,1H3,(H,37,41)(H,38,42). The first-order valence-electron chi connectivity index (χ1n) is 13.7. The van der Waals surface area contributed by atoms with Crippen LogP contribution in [-0.4, -0.2) is 23.4 Å². The van der Waals surface area contributed by atoms with Crippen molar-refractivity contribution in [1.29, 1.82) is 0 Å². The fourth-order valence-electron chi connectivity index (χ4n) is 5.13. The molecule has 1 unspecified atom stereocenters. The number of hydrogen-bond donors (Lipinski definition) is 2. The van der Waals surface area contributed by atoms with Crippen molar-refractivity contribution >= 4 is 46.5 Å². The molecule has 1 atom stereocenters. The van der Waals surface area contributed by atoms with E-state index < -0.39 is 5.25 Å². The monoisotopic (exact) mass is 582 g/mol. The summed E-state index contributed by atoms with van der Waals surface area (Å²) in [6.45, 7) is 1.89. The molecule has 5 aromatic rings. The van der Waals surface area contributed by atoms with Gasteiger partial charge in [-0.25, -0.2) is 0 Å². The van der Waals surface area contributed by atoms with Gasteiger partial charge in [0.25, 0.3) is 5.91 Å². The average Bonchev–Trinajstić information content (AvgIpc) is 3.03. The van der Waals surface area contributed by atoms with E-state index in [-0.39, 0.29) is 34.5 Å². The Balaban J connectivity index is 1.25. The highest BCUT2D eigenvalue weighted by Gasteiger charge is 2.32. The lowest BCUT2D eigenvalue weighted by Gasteiger charge is -2.22. The van der Waals surface area contributed by atoms with E-state index in [4.69, 9.17) is 0 Å². The number of aryl methyl sites for hydroxylation is 1. The predicted molar refractivity (Wildman–Crippen MR) is 169 cm³/mol. The van der Waals surface area contributed by atoms with Crippen LogP contribution in [0, 0.1) is 6.92 Å². The number of rotatable bonds is 7. The molecule has 2 amide bonds. The van der Waals surface area contributed by atoms with Crippen molar-refractivity contribution < 1.29 is 19.2 Å². The van der Waals surface area contributed by atoms with Crippen LogP contribution in [0.25, 0.3) is 0 Å². The molecular formula is C36H26N2O4S. The second-order valence-corrected chi connectivity index (χ2v) is 11.3. The van der Waals surface area contributed by atoms with Crippen molar-refractivity contribution in [2.24, 2.45) is 0 Å². The highest BCUT2D eigenvalue weighted by atomic mass is 32.2. The lowest BCUT2D eigenvalue weighted by Crippen LogP contribution is -2.25. The molecule has 2 N–H and O–H groups in total. The molecule has 6 nitrogen and oxygen atoms in total. The van der Waals surface area contributed by atoms with Crippen LogP contribution in [-0.2, 0) is 4.79 Å². The van der Waals surface area contributed by atoms with Crippen LogP contribution in [0.1, 0.15) is 58.6 Å². The number of hydrogen-bond acceptors (Lipinski definition) is 5. The molecule has 0 bridgehead atoms. The number of anilines is 2. The number of thioether (sulfide) groups is 1. The zero-order valence-corrected chi connectivity index (χ0v) is 24.0. The number of benzene rings is 5.